The lowest BCUT2D eigenvalue weighted by Crippen LogP contribution is -2.17. The van der Waals surface area contributed by atoms with Crippen LogP contribution in [0.4, 0.5) is 17.1 Å². The summed E-state index contributed by atoms with van der Waals surface area (Å²) in [6.07, 6.45) is 0. The summed E-state index contributed by atoms with van der Waals surface area (Å²) < 4.78 is 2.33. The van der Waals surface area contributed by atoms with Crippen LogP contribution >= 0.6 is 0 Å². The van der Waals surface area contributed by atoms with Crippen molar-refractivity contribution < 1.29 is 0 Å². The van der Waals surface area contributed by atoms with Crippen molar-refractivity contribution in [2.75, 3.05) is 4.90 Å². The first kappa shape index (κ1) is 40.8. The van der Waals surface area contributed by atoms with E-state index in [0.29, 0.717) is 17.6 Å². The predicted octanol–water partition coefficient (Wildman–Crippen LogP) is 17.2. The van der Waals surface area contributed by atoms with Gasteiger partial charge in [-0.2, -0.15) is 9.97 Å². The summed E-state index contributed by atoms with van der Waals surface area (Å²) in [6, 6.07) is 84.9. The highest BCUT2D eigenvalue weighted by Crippen LogP contribution is 2.55. The van der Waals surface area contributed by atoms with E-state index in [4.69, 9.17) is 15.0 Å². The molecule has 5 heteroatoms. The van der Waals surface area contributed by atoms with E-state index in [2.05, 4.69) is 224 Å². The van der Waals surface area contributed by atoms with Gasteiger partial charge in [-0.05, 0) is 120 Å². The minimum absolute atomic E-state index is 0.409. The Bertz CT molecular complexity index is 4160. The monoisotopic (exact) mass is 907 g/mol. The van der Waals surface area contributed by atoms with E-state index < -0.39 is 5.41 Å². The van der Waals surface area contributed by atoms with Crippen molar-refractivity contribution in [1.82, 2.24) is 19.5 Å². The SMILES string of the molecule is CC1(C)c2cc3c4ccccc4c4ccccc4c3cc2-c2ccc3c4cc(N(c5ccccc5)c5ccc(-c6ccccc6)cc5)ccc4n(-c4nc(-c5ccccc5)nc(-c5ccccc5)n4)c3c21. The van der Waals surface area contributed by atoms with Gasteiger partial charge in [0.2, 0.25) is 5.95 Å². The number of nitrogens with zero attached hydrogens (tertiary/aromatic N) is 5. The average Bonchev–Trinajstić information content (AvgIpc) is 3.89. The third kappa shape index (κ3) is 6.43. The summed E-state index contributed by atoms with van der Waals surface area (Å²) in [4.78, 5) is 18.3. The fraction of sp³-hybridized carbons (Fsp3) is 0.0455. The lowest BCUT2D eigenvalue weighted by Gasteiger charge is -2.26. The van der Waals surface area contributed by atoms with Crippen LogP contribution in [0.15, 0.2) is 237 Å². The lowest BCUT2D eigenvalue weighted by atomic mass is 9.80. The largest absolute Gasteiger partial charge is 0.310 e. The third-order valence-electron chi connectivity index (χ3n) is 14.8. The Hall–Kier alpha value is -9.19. The van der Waals surface area contributed by atoms with Gasteiger partial charge in [-0.1, -0.05) is 196 Å². The number of anilines is 3. The van der Waals surface area contributed by atoms with Crippen molar-refractivity contribution in [2.24, 2.45) is 0 Å². The summed E-state index contributed by atoms with van der Waals surface area (Å²) in [5.41, 5.74) is 14.2. The van der Waals surface area contributed by atoms with Crippen molar-refractivity contribution in [3.8, 4) is 51.0 Å². The van der Waals surface area contributed by atoms with Crippen molar-refractivity contribution >= 4 is 71.2 Å². The van der Waals surface area contributed by atoms with Gasteiger partial charge >= 0.3 is 0 Å². The number of para-hydroxylation sites is 1. The lowest BCUT2D eigenvalue weighted by molar-refractivity contribution is 0.664. The van der Waals surface area contributed by atoms with E-state index in [1.54, 1.807) is 0 Å². The second-order valence-electron chi connectivity index (χ2n) is 19.2. The molecule has 0 saturated heterocycles. The van der Waals surface area contributed by atoms with Crippen molar-refractivity contribution in [3.05, 3.63) is 248 Å². The molecule has 0 radical (unpaired) electrons. The van der Waals surface area contributed by atoms with Crippen molar-refractivity contribution in [2.45, 2.75) is 19.3 Å². The number of hydrogen-bond acceptors (Lipinski definition) is 4. The summed E-state index contributed by atoms with van der Waals surface area (Å²) in [5.74, 6) is 1.81. The van der Waals surface area contributed by atoms with E-state index in [1.165, 1.54) is 65.7 Å². The summed E-state index contributed by atoms with van der Waals surface area (Å²) >= 11 is 0. The van der Waals surface area contributed by atoms with Gasteiger partial charge in [0.15, 0.2) is 11.6 Å². The van der Waals surface area contributed by atoms with Crippen molar-refractivity contribution in [3.63, 3.8) is 0 Å². The molecule has 0 spiro atoms. The molecule has 0 fully saturated rings. The highest BCUT2D eigenvalue weighted by molar-refractivity contribution is 6.26. The molecule has 0 aliphatic heterocycles. The maximum atomic E-state index is 5.42. The molecule has 13 aromatic rings. The van der Waals surface area contributed by atoms with Gasteiger partial charge in [0.1, 0.15) is 0 Å². The molecule has 2 aromatic heterocycles. The second-order valence-corrected chi connectivity index (χ2v) is 19.2. The van der Waals surface area contributed by atoms with Crippen LogP contribution in [0.2, 0.25) is 0 Å². The second kappa shape index (κ2) is 15.9. The summed E-state index contributed by atoms with van der Waals surface area (Å²) in [6.45, 7) is 4.79. The third-order valence-corrected chi connectivity index (χ3v) is 14.8. The average molecular weight is 908 g/mol. The Kier molecular flexibility index (Phi) is 9.17. The van der Waals surface area contributed by atoms with Crippen LogP contribution in [-0.2, 0) is 5.41 Å². The van der Waals surface area contributed by atoms with E-state index in [0.717, 1.165) is 50.0 Å². The molecule has 0 amide bonds. The first-order valence-corrected chi connectivity index (χ1v) is 24.4. The molecule has 0 atom stereocenters. The molecule has 0 saturated carbocycles. The minimum atomic E-state index is -0.409. The number of benzene rings is 11. The fourth-order valence-corrected chi connectivity index (χ4v) is 11.5. The molecular formula is C66H45N5. The first-order valence-electron chi connectivity index (χ1n) is 24.4. The van der Waals surface area contributed by atoms with Crippen LogP contribution in [0, 0.1) is 0 Å². The van der Waals surface area contributed by atoms with E-state index in [-0.39, 0.29) is 0 Å². The standard InChI is InChI=1S/C66H45N5/c1-66(2)59-41-56-52-30-18-16-28-50(52)49-27-15-17-29-51(49)55(56)40-57(59)53-36-37-54-58-39-48(70(46-25-13-6-14-26-46)47-33-31-43(32-34-47)42-19-7-3-8-20-42)35-38-60(58)71(62(54)61(53)66)65-68-63(44-21-9-4-10-22-44)67-64(69-65)45-23-11-5-12-24-45/h3-41H,1-2H3. The minimum Gasteiger partial charge on any atom is -0.310 e. The molecular weight excluding hydrogens is 863 g/mol. The quantitative estimate of drug-likeness (QED) is 0.150. The highest BCUT2D eigenvalue weighted by atomic mass is 15.2. The summed E-state index contributed by atoms with van der Waals surface area (Å²) in [5, 5.41) is 9.87. The van der Waals surface area contributed by atoms with Gasteiger partial charge in [0, 0.05) is 44.4 Å². The van der Waals surface area contributed by atoms with Gasteiger partial charge in [-0.15, -0.1) is 0 Å². The van der Waals surface area contributed by atoms with E-state index in [1.807, 2.05) is 36.4 Å². The van der Waals surface area contributed by atoms with Gasteiger partial charge in [0.25, 0.3) is 0 Å². The molecule has 334 valence electrons. The zero-order valence-electron chi connectivity index (χ0n) is 39.3. The Morgan fingerprint density at radius 3 is 1.42 bits per heavy atom. The molecule has 14 rings (SSSR count). The van der Waals surface area contributed by atoms with Crippen LogP contribution in [0.5, 0.6) is 0 Å². The number of rotatable bonds is 7. The molecule has 2 heterocycles. The molecule has 71 heavy (non-hydrogen) atoms. The molecule has 5 nitrogen and oxygen atoms in total. The number of hydrogen-bond donors (Lipinski definition) is 0. The molecule has 1 aliphatic rings. The summed E-state index contributed by atoms with van der Waals surface area (Å²) in [7, 11) is 0. The molecule has 1 aliphatic carbocycles. The molecule has 0 bridgehead atoms. The predicted molar refractivity (Wildman–Crippen MR) is 295 cm³/mol. The zero-order chi connectivity index (χ0) is 47.2. The molecule has 11 aromatic carbocycles. The Morgan fingerprint density at radius 2 is 0.831 bits per heavy atom. The number of aromatic nitrogens is 4. The Labute approximate surface area is 411 Å². The smallest absolute Gasteiger partial charge is 0.238 e. The molecule has 0 unspecified atom stereocenters. The fourth-order valence-electron chi connectivity index (χ4n) is 11.5. The Morgan fingerprint density at radius 1 is 0.352 bits per heavy atom. The van der Waals surface area contributed by atoms with Gasteiger partial charge < -0.3 is 4.90 Å². The maximum absolute atomic E-state index is 5.42. The van der Waals surface area contributed by atoms with Crippen LogP contribution < -0.4 is 4.90 Å². The Balaban J connectivity index is 1.06. The first-order chi connectivity index (χ1) is 35.0. The maximum Gasteiger partial charge on any atom is 0.238 e. The zero-order valence-corrected chi connectivity index (χ0v) is 39.3. The molecule has 0 N–H and O–H groups in total. The highest BCUT2D eigenvalue weighted by Gasteiger charge is 2.40. The van der Waals surface area contributed by atoms with Crippen molar-refractivity contribution in [1.29, 1.82) is 0 Å². The van der Waals surface area contributed by atoms with Gasteiger partial charge in [-0.25, -0.2) is 4.98 Å². The number of fused-ring (bicyclic) bond motifs is 13. The van der Waals surface area contributed by atoms with Crippen LogP contribution in [0.3, 0.4) is 0 Å². The van der Waals surface area contributed by atoms with Crippen LogP contribution in [-0.4, -0.2) is 19.5 Å². The normalized spacial score (nSPS) is 12.8. The van der Waals surface area contributed by atoms with E-state index in [9.17, 15) is 0 Å². The van der Waals surface area contributed by atoms with Crippen LogP contribution in [0.1, 0.15) is 25.0 Å². The topological polar surface area (TPSA) is 46.8 Å². The van der Waals surface area contributed by atoms with Gasteiger partial charge in [-0.3, -0.25) is 4.57 Å². The van der Waals surface area contributed by atoms with E-state index >= 15 is 0 Å². The van der Waals surface area contributed by atoms with Gasteiger partial charge in [0.05, 0.1) is 11.0 Å². The van der Waals surface area contributed by atoms with Crippen LogP contribution in [0.25, 0.3) is 105 Å².